The van der Waals surface area contributed by atoms with Gasteiger partial charge in [0, 0.05) is 21.5 Å². The average Bonchev–Trinajstić information content (AvgIpc) is 2.90. The number of thiophene rings is 1. The number of amides is 2. The lowest BCUT2D eigenvalue weighted by Gasteiger charge is -2.08. The predicted molar refractivity (Wildman–Crippen MR) is 77.5 cm³/mol. The SMILES string of the molecule is O=C(NCc1cccs1)NCc1cc(Br)ccc1F. The molecule has 1 aromatic heterocycles. The number of urea groups is 1. The Morgan fingerprint density at radius 3 is 2.79 bits per heavy atom. The Hall–Kier alpha value is -1.40. The van der Waals surface area contributed by atoms with Gasteiger partial charge in [-0.1, -0.05) is 22.0 Å². The lowest BCUT2D eigenvalue weighted by Crippen LogP contribution is -2.34. The maximum atomic E-state index is 13.4. The number of benzene rings is 1. The van der Waals surface area contributed by atoms with Gasteiger partial charge in [0.05, 0.1) is 6.54 Å². The van der Waals surface area contributed by atoms with Gasteiger partial charge in [-0.25, -0.2) is 9.18 Å². The largest absolute Gasteiger partial charge is 0.334 e. The summed E-state index contributed by atoms with van der Waals surface area (Å²) in [5.41, 5.74) is 0.445. The van der Waals surface area contributed by atoms with Gasteiger partial charge in [-0.05, 0) is 29.6 Å². The number of hydrogen-bond donors (Lipinski definition) is 2. The zero-order valence-corrected chi connectivity index (χ0v) is 12.4. The second-order valence-corrected chi connectivity index (χ2v) is 5.80. The van der Waals surface area contributed by atoms with Crippen LogP contribution in [0.2, 0.25) is 0 Å². The van der Waals surface area contributed by atoms with Crippen LogP contribution in [0.4, 0.5) is 9.18 Å². The standard InChI is InChI=1S/C13H12BrFN2OS/c14-10-3-4-12(15)9(6-10)7-16-13(18)17-8-11-2-1-5-19-11/h1-6H,7-8H2,(H2,16,17,18). The molecule has 0 radical (unpaired) electrons. The highest BCUT2D eigenvalue weighted by molar-refractivity contribution is 9.10. The van der Waals surface area contributed by atoms with E-state index < -0.39 is 0 Å². The molecule has 0 aliphatic carbocycles. The van der Waals surface area contributed by atoms with E-state index in [2.05, 4.69) is 26.6 Å². The van der Waals surface area contributed by atoms with Crippen LogP contribution >= 0.6 is 27.3 Å². The van der Waals surface area contributed by atoms with Crippen molar-refractivity contribution in [2.24, 2.45) is 0 Å². The Labute approximate surface area is 123 Å². The van der Waals surface area contributed by atoms with Gasteiger partial charge < -0.3 is 10.6 Å². The summed E-state index contributed by atoms with van der Waals surface area (Å²) < 4.78 is 14.2. The van der Waals surface area contributed by atoms with Gasteiger partial charge in [-0.3, -0.25) is 0 Å². The van der Waals surface area contributed by atoms with Crippen LogP contribution in [0.25, 0.3) is 0 Å². The second kappa shape index (κ2) is 6.68. The first-order valence-corrected chi connectivity index (χ1v) is 7.30. The monoisotopic (exact) mass is 342 g/mol. The summed E-state index contributed by atoms with van der Waals surface area (Å²) in [4.78, 5) is 12.6. The highest BCUT2D eigenvalue weighted by Crippen LogP contribution is 2.15. The van der Waals surface area contributed by atoms with Gasteiger partial charge in [0.2, 0.25) is 0 Å². The van der Waals surface area contributed by atoms with Crippen molar-refractivity contribution in [3.63, 3.8) is 0 Å². The van der Waals surface area contributed by atoms with E-state index in [1.165, 1.54) is 6.07 Å². The van der Waals surface area contributed by atoms with Crippen molar-refractivity contribution in [2.45, 2.75) is 13.1 Å². The Bertz CT molecular complexity index is 560. The van der Waals surface area contributed by atoms with Crippen molar-refractivity contribution in [1.29, 1.82) is 0 Å². The third kappa shape index (κ3) is 4.33. The summed E-state index contributed by atoms with van der Waals surface area (Å²) >= 11 is 4.84. The number of carbonyl (C=O) groups excluding carboxylic acids is 1. The van der Waals surface area contributed by atoms with Crippen LogP contribution in [0.15, 0.2) is 40.2 Å². The van der Waals surface area contributed by atoms with Crippen LogP contribution in [0, 0.1) is 5.82 Å². The number of halogens is 2. The Morgan fingerprint density at radius 1 is 1.26 bits per heavy atom. The fraction of sp³-hybridized carbons (Fsp3) is 0.154. The number of rotatable bonds is 4. The molecule has 1 aromatic carbocycles. The first kappa shape index (κ1) is 14.0. The van der Waals surface area contributed by atoms with E-state index in [1.807, 2.05) is 17.5 Å². The molecule has 0 fully saturated rings. The molecule has 0 saturated heterocycles. The molecule has 0 spiro atoms. The maximum Gasteiger partial charge on any atom is 0.315 e. The molecule has 2 aromatic rings. The van der Waals surface area contributed by atoms with Crippen LogP contribution in [0.1, 0.15) is 10.4 Å². The molecule has 3 nitrogen and oxygen atoms in total. The zero-order chi connectivity index (χ0) is 13.7. The average molecular weight is 343 g/mol. The molecule has 2 amide bonds. The molecule has 2 rings (SSSR count). The van der Waals surface area contributed by atoms with E-state index >= 15 is 0 Å². The van der Waals surface area contributed by atoms with Crippen LogP contribution < -0.4 is 10.6 Å². The minimum absolute atomic E-state index is 0.154. The molecule has 0 bridgehead atoms. The quantitative estimate of drug-likeness (QED) is 0.874. The molecule has 0 aliphatic heterocycles. The molecule has 0 unspecified atom stereocenters. The topological polar surface area (TPSA) is 41.1 Å². The third-order valence-corrected chi connectivity index (χ3v) is 3.82. The van der Waals surface area contributed by atoms with Crippen LogP contribution in [-0.2, 0) is 13.1 Å². The van der Waals surface area contributed by atoms with E-state index in [0.29, 0.717) is 12.1 Å². The van der Waals surface area contributed by atoms with Gasteiger partial charge in [-0.15, -0.1) is 11.3 Å². The summed E-state index contributed by atoms with van der Waals surface area (Å²) in [5.74, 6) is -0.332. The number of carbonyl (C=O) groups is 1. The smallest absolute Gasteiger partial charge is 0.315 e. The van der Waals surface area contributed by atoms with Crippen molar-refractivity contribution < 1.29 is 9.18 Å². The van der Waals surface area contributed by atoms with Crippen LogP contribution in [-0.4, -0.2) is 6.03 Å². The highest BCUT2D eigenvalue weighted by Gasteiger charge is 2.05. The number of hydrogen-bond acceptors (Lipinski definition) is 2. The van der Waals surface area contributed by atoms with E-state index in [-0.39, 0.29) is 18.4 Å². The Kier molecular flexibility index (Phi) is 4.93. The third-order valence-electron chi connectivity index (χ3n) is 2.45. The Balaban J connectivity index is 1.81. The van der Waals surface area contributed by atoms with E-state index in [4.69, 9.17) is 0 Å². The van der Waals surface area contributed by atoms with E-state index in [0.717, 1.165) is 9.35 Å². The van der Waals surface area contributed by atoms with Gasteiger partial charge >= 0.3 is 6.03 Å². The highest BCUT2D eigenvalue weighted by atomic mass is 79.9. The fourth-order valence-corrected chi connectivity index (χ4v) is 2.55. The van der Waals surface area contributed by atoms with Crippen molar-refractivity contribution >= 4 is 33.3 Å². The molecule has 100 valence electrons. The minimum Gasteiger partial charge on any atom is -0.334 e. The van der Waals surface area contributed by atoms with Crippen molar-refractivity contribution in [2.75, 3.05) is 0 Å². The second-order valence-electron chi connectivity index (χ2n) is 3.85. The maximum absolute atomic E-state index is 13.4. The minimum atomic E-state index is -0.332. The Morgan fingerprint density at radius 2 is 2.05 bits per heavy atom. The molecule has 0 atom stereocenters. The van der Waals surface area contributed by atoms with Gasteiger partial charge in [0.1, 0.15) is 5.82 Å². The predicted octanol–water partition coefficient (Wildman–Crippen LogP) is 3.65. The number of nitrogens with one attached hydrogen (secondary N) is 2. The molecule has 19 heavy (non-hydrogen) atoms. The van der Waals surface area contributed by atoms with E-state index in [9.17, 15) is 9.18 Å². The summed E-state index contributed by atoms with van der Waals surface area (Å²) in [5, 5.41) is 7.29. The zero-order valence-electron chi connectivity index (χ0n) is 9.95. The van der Waals surface area contributed by atoms with E-state index in [1.54, 1.807) is 23.5 Å². The van der Waals surface area contributed by atoms with Crippen molar-refractivity contribution in [3.05, 3.63) is 56.4 Å². The summed E-state index contributed by atoms with van der Waals surface area (Å²) in [7, 11) is 0. The molecule has 1 heterocycles. The molecular formula is C13H12BrFN2OS. The van der Waals surface area contributed by atoms with Crippen molar-refractivity contribution in [1.82, 2.24) is 10.6 Å². The van der Waals surface area contributed by atoms with Gasteiger partial charge in [0.25, 0.3) is 0 Å². The van der Waals surface area contributed by atoms with Gasteiger partial charge in [0.15, 0.2) is 0 Å². The summed E-state index contributed by atoms with van der Waals surface area (Å²) in [6, 6.07) is 8.19. The summed E-state index contributed by atoms with van der Waals surface area (Å²) in [6.07, 6.45) is 0. The summed E-state index contributed by atoms with van der Waals surface area (Å²) in [6.45, 7) is 0.631. The van der Waals surface area contributed by atoms with Crippen molar-refractivity contribution in [3.8, 4) is 0 Å². The molecular weight excluding hydrogens is 331 g/mol. The van der Waals surface area contributed by atoms with Crippen LogP contribution in [0.3, 0.4) is 0 Å². The molecule has 6 heteroatoms. The lowest BCUT2D eigenvalue weighted by molar-refractivity contribution is 0.240. The molecule has 0 saturated carbocycles. The first-order chi connectivity index (χ1) is 9.15. The first-order valence-electron chi connectivity index (χ1n) is 5.63. The van der Waals surface area contributed by atoms with Crippen LogP contribution in [0.5, 0.6) is 0 Å². The van der Waals surface area contributed by atoms with Gasteiger partial charge in [-0.2, -0.15) is 0 Å². The lowest BCUT2D eigenvalue weighted by atomic mass is 10.2. The molecule has 0 aliphatic rings. The normalized spacial score (nSPS) is 10.2. The fourth-order valence-electron chi connectivity index (χ4n) is 1.50. The molecule has 2 N–H and O–H groups in total.